The third kappa shape index (κ3) is 4.94. The van der Waals surface area contributed by atoms with Gasteiger partial charge in [-0.15, -0.1) is 0 Å². The molecule has 11 heteroatoms. The molecule has 0 radical (unpaired) electrons. The summed E-state index contributed by atoms with van der Waals surface area (Å²) in [7, 11) is 1.47. The van der Waals surface area contributed by atoms with Gasteiger partial charge in [0, 0.05) is 28.3 Å². The SMILES string of the molecule is COc1cc(C(=O)NC[C@](O)(c2cc3c(c(-c4ccc(F)cc4)n2)OC[C@H]3C(F)(F)F)C2CC2)cc2cccnc12. The van der Waals surface area contributed by atoms with Crippen LogP contribution in [0.1, 0.15) is 40.4 Å². The summed E-state index contributed by atoms with van der Waals surface area (Å²) in [5.41, 5.74) is -0.677. The van der Waals surface area contributed by atoms with Gasteiger partial charge in [-0.3, -0.25) is 9.78 Å². The molecule has 1 amide bonds. The van der Waals surface area contributed by atoms with Crippen LogP contribution in [0.3, 0.4) is 0 Å². The molecule has 2 atom stereocenters. The summed E-state index contributed by atoms with van der Waals surface area (Å²) >= 11 is 0. The number of pyridine rings is 2. The number of rotatable bonds is 7. The van der Waals surface area contributed by atoms with Crippen LogP contribution in [0.2, 0.25) is 0 Å². The van der Waals surface area contributed by atoms with E-state index in [0.717, 1.165) is 0 Å². The Morgan fingerprint density at radius 2 is 1.90 bits per heavy atom. The first-order chi connectivity index (χ1) is 19.6. The summed E-state index contributed by atoms with van der Waals surface area (Å²) in [5, 5.41) is 15.4. The molecule has 2 aromatic carbocycles. The molecule has 0 unspecified atom stereocenters. The zero-order valence-corrected chi connectivity index (χ0v) is 21.8. The normalized spacial score (nSPS) is 18.0. The van der Waals surface area contributed by atoms with E-state index in [0.29, 0.717) is 35.1 Å². The number of benzene rings is 2. The number of carbonyl (C=O) groups excluding carboxylic acids is 1. The molecule has 0 bridgehead atoms. The molecule has 3 heterocycles. The summed E-state index contributed by atoms with van der Waals surface area (Å²) in [6.07, 6.45) is -1.78. The first-order valence-electron chi connectivity index (χ1n) is 13.0. The number of fused-ring (bicyclic) bond motifs is 2. The number of hydrogen-bond acceptors (Lipinski definition) is 6. The molecule has 1 saturated carbocycles. The summed E-state index contributed by atoms with van der Waals surface area (Å²) in [6.45, 7) is -0.925. The molecule has 0 saturated heterocycles. The fraction of sp³-hybridized carbons (Fsp3) is 0.300. The summed E-state index contributed by atoms with van der Waals surface area (Å²) in [5.74, 6) is -2.94. The third-order valence-electron chi connectivity index (χ3n) is 7.65. The van der Waals surface area contributed by atoms with E-state index in [1.54, 1.807) is 24.4 Å². The van der Waals surface area contributed by atoms with E-state index < -0.39 is 36.0 Å². The number of nitrogens with one attached hydrogen (secondary N) is 1. The minimum Gasteiger partial charge on any atom is -0.494 e. The van der Waals surface area contributed by atoms with Crippen LogP contribution in [0, 0.1) is 11.7 Å². The quantitative estimate of drug-likeness (QED) is 0.286. The summed E-state index contributed by atoms with van der Waals surface area (Å²) < 4.78 is 66.4. The van der Waals surface area contributed by atoms with Crippen molar-refractivity contribution in [3.05, 3.63) is 83.4 Å². The number of methoxy groups -OCH3 is 1. The third-order valence-corrected chi connectivity index (χ3v) is 7.65. The van der Waals surface area contributed by atoms with E-state index in [2.05, 4.69) is 15.3 Å². The number of halogens is 4. The van der Waals surface area contributed by atoms with Gasteiger partial charge in [0.1, 0.15) is 46.7 Å². The molecular formula is C30H25F4N3O4. The van der Waals surface area contributed by atoms with E-state index in [4.69, 9.17) is 9.47 Å². The molecular weight excluding hydrogens is 542 g/mol. The number of aromatic nitrogens is 2. The fourth-order valence-corrected chi connectivity index (χ4v) is 5.28. The Kier molecular flexibility index (Phi) is 6.56. The van der Waals surface area contributed by atoms with Crippen LogP contribution < -0.4 is 14.8 Å². The Morgan fingerprint density at radius 3 is 2.59 bits per heavy atom. The Morgan fingerprint density at radius 1 is 1.15 bits per heavy atom. The van der Waals surface area contributed by atoms with Crippen LogP contribution in [-0.4, -0.2) is 47.4 Å². The number of alkyl halides is 3. The van der Waals surface area contributed by atoms with Crippen molar-refractivity contribution in [2.45, 2.75) is 30.5 Å². The molecule has 1 fully saturated rings. The highest BCUT2D eigenvalue weighted by molar-refractivity contribution is 5.99. The first-order valence-corrected chi connectivity index (χ1v) is 13.0. The van der Waals surface area contributed by atoms with Crippen molar-refractivity contribution in [1.29, 1.82) is 0 Å². The molecule has 6 rings (SSSR count). The largest absolute Gasteiger partial charge is 0.494 e. The number of carbonyl (C=O) groups is 1. The maximum atomic E-state index is 14.0. The van der Waals surface area contributed by atoms with Gasteiger partial charge in [0.2, 0.25) is 0 Å². The van der Waals surface area contributed by atoms with Gasteiger partial charge < -0.3 is 19.9 Å². The van der Waals surface area contributed by atoms with Gasteiger partial charge in [0.15, 0.2) is 0 Å². The number of amides is 1. The van der Waals surface area contributed by atoms with Gasteiger partial charge in [-0.1, -0.05) is 6.07 Å². The summed E-state index contributed by atoms with van der Waals surface area (Å²) in [6, 6.07) is 13.0. The minimum absolute atomic E-state index is 0.0154. The van der Waals surface area contributed by atoms with Crippen molar-refractivity contribution in [2.75, 3.05) is 20.3 Å². The van der Waals surface area contributed by atoms with Crippen molar-refractivity contribution in [2.24, 2.45) is 5.92 Å². The van der Waals surface area contributed by atoms with Gasteiger partial charge >= 0.3 is 6.18 Å². The molecule has 2 aliphatic rings. The standard InChI is InChI=1S/C30H25F4N3O4/c1-40-23-12-18(11-17-3-2-10-35-25(17)23)28(38)36-15-29(39,19-6-7-19)24-13-21-22(30(32,33)34)14-41-27(21)26(37-24)16-4-8-20(31)9-5-16/h2-5,8-13,19,22,39H,6-7,14-15H2,1H3,(H,36,38)/t22-,29-/m1/s1. The predicted octanol–water partition coefficient (Wildman–Crippen LogP) is 5.51. The highest BCUT2D eigenvalue weighted by Crippen LogP contribution is 2.51. The topological polar surface area (TPSA) is 93.6 Å². The zero-order chi connectivity index (χ0) is 28.9. The lowest BCUT2D eigenvalue weighted by molar-refractivity contribution is -0.151. The van der Waals surface area contributed by atoms with Crippen LogP contribution in [0.25, 0.3) is 22.2 Å². The van der Waals surface area contributed by atoms with E-state index in [1.807, 2.05) is 0 Å². The van der Waals surface area contributed by atoms with Gasteiger partial charge in [-0.2, -0.15) is 13.2 Å². The lowest BCUT2D eigenvalue weighted by atomic mass is 9.88. The van der Waals surface area contributed by atoms with Crippen LogP contribution in [0.5, 0.6) is 11.5 Å². The first kappa shape index (κ1) is 26.9. The lowest BCUT2D eigenvalue weighted by Crippen LogP contribution is -2.43. The van der Waals surface area contributed by atoms with E-state index in [-0.39, 0.29) is 40.7 Å². The van der Waals surface area contributed by atoms with Crippen molar-refractivity contribution >= 4 is 16.8 Å². The Hall–Kier alpha value is -4.25. The maximum absolute atomic E-state index is 14.0. The van der Waals surface area contributed by atoms with Gasteiger partial charge in [0.05, 0.1) is 19.3 Å². The average molecular weight is 568 g/mol. The second-order valence-electron chi connectivity index (χ2n) is 10.3. The number of aliphatic hydroxyl groups is 1. The highest BCUT2D eigenvalue weighted by atomic mass is 19.4. The Bertz CT molecular complexity index is 1640. The molecule has 2 N–H and O–H groups in total. The molecule has 4 aromatic rings. The van der Waals surface area contributed by atoms with Crippen LogP contribution >= 0.6 is 0 Å². The zero-order valence-electron chi connectivity index (χ0n) is 21.8. The second-order valence-corrected chi connectivity index (χ2v) is 10.3. The molecule has 0 spiro atoms. The number of hydrogen-bond donors (Lipinski definition) is 2. The predicted molar refractivity (Wildman–Crippen MR) is 141 cm³/mol. The van der Waals surface area contributed by atoms with E-state index in [9.17, 15) is 27.5 Å². The smallest absolute Gasteiger partial charge is 0.399 e. The summed E-state index contributed by atoms with van der Waals surface area (Å²) in [4.78, 5) is 22.1. The second kappa shape index (κ2) is 9.99. The van der Waals surface area contributed by atoms with Crippen molar-refractivity contribution in [1.82, 2.24) is 15.3 Å². The highest BCUT2D eigenvalue weighted by Gasteiger charge is 2.51. The monoisotopic (exact) mass is 567 g/mol. The molecule has 1 aliphatic heterocycles. The van der Waals surface area contributed by atoms with E-state index >= 15 is 0 Å². The van der Waals surface area contributed by atoms with E-state index in [1.165, 1.54) is 43.5 Å². The van der Waals surface area contributed by atoms with Crippen LogP contribution in [-0.2, 0) is 5.60 Å². The van der Waals surface area contributed by atoms with Crippen LogP contribution in [0.15, 0.2) is 60.8 Å². The molecule has 2 aromatic heterocycles. The van der Waals surface area contributed by atoms with Crippen molar-refractivity contribution in [3.63, 3.8) is 0 Å². The van der Waals surface area contributed by atoms with Crippen molar-refractivity contribution in [3.8, 4) is 22.8 Å². The average Bonchev–Trinajstić information content (AvgIpc) is 3.73. The Balaban J connectivity index is 1.38. The number of ether oxygens (including phenoxy) is 2. The lowest BCUT2D eigenvalue weighted by Gasteiger charge is -2.29. The van der Waals surface area contributed by atoms with Crippen LogP contribution in [0.4, 0.5) is 17.6 Å². The Labute approximate surface area is 232 Å². The van der Waals surface area contributed by atoms with Crippen molar-refractivity contribution < 1.29 is 36.9 Å². The fourth-order valence-electron chi connectivity index (χ4n) is 5.28. The van der Waals surface area contributed by atoms with Gasteiger partial charge in [-0.05, 0) is 67.3 Å². The van der Waals surface area contributed by atoms with Gasteiger partial charge in [0.25, 0.3) is 5.91 Å². The molecule has 212 valence electrons. The maximum Gasteiger partial charge on any atom is 0.399 e. The molecule has 1 aliphatic carbocycles. The molecule has 41 heavy (non-hydrogen) atoms. The molecule has 7 nitrogen and oxygen atoms in total. The minimum atomic E-state index is -4.60. The van der Waals surface area contributed by atoms with Gasteiger partial charge in [-0.25, -0.2) is 9.37 Å². The number of nitrogens with zero attached hydrogens (tertiary/aromatic N) is 2.